The molecule has 15 heavy (non-hydrogen) atoms. The zero-order valence-corrected chi connectivity index (χ0v) is 8.69. The molecule has 1 saturated heterocycles. The zero-order valence-electron chi connectivity index (χ0n) is 8.69. The molecule has 0 aromatic heterocycles. The minimum atomic E-state index is -1.09. The van der Waals surface area contributed by atoms with E-state index in [2.05, 4.69) is 0 Å². The van der Waals surface area contributed by atoms with Crippen molar-refractivity contribution in [2.75, 3.05) is 13.2 Å². The number of aliphatic hydroxyl groups excluding tert-OH is 1. The summed E-state index contributed by atoms with van der Waals surface area (Å²) in [4.78, 5) is 23.6. The first kappa shape index (κ1) is 12.0. The lowest BCUT2D eigenvalue weighted by atomic mass is 9.99. The number of aliphatic hydroxyl groups is 1. The SMILES string of the molecule is O=C(O)CC(=O)N1CCCCC1CCO. The number of likely N-dealkylation sites (tertiary alicyclic amines) is 1. The Morgan fingerprint density at radius 2 is 2.07 bits per heavy atom. The number of carbonyl (C=O) groups is 2. The number of nitrogens with zero attached hydrogens (tertiary/aromatic N) is 1. The molecular weight excluding hydrogens is 198 g/mol. The molecule has 1 amide bonds. The van der Waals surface area contributed by atoms with Crippen molar-refractivity contribution in [1.82, 2.24) is 4.90 Å². The standard InChI is InChI=1S/C10H17NO4/c12-6-4-8-3-1-2-5-11(8)9(13)7-10(14)15/h8,12H,1-7H2,(H,14,15). The van der Waals surface area contributed by atoms with Crippen LogP contribution in [-0.2, 0) is 9.59 Å². The maximum Gasteiger partial charge on any atom is 0.312 e. The number of hydrogen-bond donors (Lipinski definition) is 2. The van der Waals surface area contributed by atoms with Crippen LogP contribution in [0.25, 0.3) is 0 Å². The first-order valence-corrected chi connectivity index (χ1v) is 5.27. The average Bonchev–Trinajstić information content (AvgIpc) is 2.18. The summed E-state index contributed by atoms with van der Waals surface area (Å²) < 4.78 is 0. The third-order valence-corrected chi connectivity index (χ3v) is 2.71. The number of carboxylic acid groups (broad SMARTS) is 1. The summed E-state index contributed by atoms with van der Waals surface area (Å²) in [6.45, 7) is 0.665. The van der Waals surface area contributed by atoms with Crippen molar-refractivity contribution < 1.29 is 19.8 Å². The molecule has 0 spiro atoms. The highest BCUT2D eigenvalue weighted by atomic mass is 16.4. The normalized spacial score (nSPS) is 21.4. The minimum Gasteiger partial charge on any atom is -0.481 e. The summed E-state index contributed by atoms with van der Waals surface area (Å²) in [7, 11) is 0. The highest BCUT2D eigenvalue weighted by molar-refractivity contribution is 5.93. The molecule has 5 nitrogen and oxygen atoms in total. The topological polar surface area (TPSA) is 77.8 Å². The van der Waals surface area contributed by atoms with E-state index in [4.69, 9.17) is 10.2 Å². The van der Waals surface area contributed by atoms with Crippen LogP contribution in [0.5, 0.6) is 0 Å². The van der Waals surface area contributed by atoms with Gasteiger partial charge < -0.3 is 15.1 Å². The van der Waals surface area contributed by atoms with Crippen molar-refractivity contribution in [2.24, 2.45) is 0 Å². The van der Waals surface area contributed by atoms with Crippen LogP contribution in [0.15, 0.2) is 0 Å². The third kappa shape index (κ3) is 3.51. The molecule has 1 atom stereocenters. The predicted octanol–water partition coefficient (Wildman–Crippen LogP) is 0.225. The molecule has 1 aliphatic rings. The van der Waals surface area contributed by atoms with Gasteiger partial charge in [-0.1, -0.05) is 0 Å². The molecule has 86 valence electrons. The zero-order chi connectivity index (χ0) is 11.3. The second-order valence-corrected chi connectivity index (χ2v) is 3.82. The fourth-order valence-electron chi connectivity index (χ4n) is 2.01. The summed E-state index contributed by atoms with van der Waals surface area (Å²) >= 11 is 0. The van der Waals surface area contributed by atoms with Crippen molar-refractivity contribution in [3.8, 4) is 0 Å². The van der Waals surface area contributed by atoms with E-state index in [1.807, 2.05) is 0 Å². The van der Waals surface area contributed by atoms with Gasteiger partial charge >= 0.3 is 5.97 Å². The van der Waals surface area contributed by atoms with Gasteiger partial charge in [0.1, 0.15) is 6.42 Å². The monoisotopic (exact) mass is 215 g/mol. The Balaban J connectivity index is 2.54. The van der Waals surface area contributed by atoms with Gasteiger partial charge in [0, 0.05) is 19.2 Å². The molecule has 2 N–H and O–H groups in total. The molecule has 5 heteroatoms. The van der Waals surface area contributed by atoms with Gasteiger partial charge in [-0.25, -0.2) is 0 Å². The molecule has 1 rings (SSSR count). The van der Waals surface area contributed by atoms with Crippen LogP contribution >= 0.6 is 0 Å². The lowest BCUT2D eigenvalue weighted by Crippen LogP contribution is -2.44. The van der Waals surface area contributed by atoms with E-state index < -0.39 is 12.4 Å². The van der Waals surface area contributed by atoms with Gasteiger partial charge in [0.2, 0.25) is 5.91 Å². The van der Waals surface area contributed by atoms with Crippen LogP contribution in [0.3, 0.4) is 0 Å². The van der Waals surface area contributed by atoms with Gasteiger partial charge in [-0.15, -0.1) is 0 Å². The number of hydrogen-bond acceptors (Lipinski definition) is 3. The van der Waals surface area contributed by atoms with Gasteiger partial charge in [-0.3, -0.25) is 9.59 Å². The lowest BCUT2D eigenvalue weighted by Gasteiger charge is -2.35. The Labute approximate surface area is 88.7 Å². The second-order valence-electron chi connectivity index (χ2n) is 3.82. The molecule has 1 heterocycles. The molecular formula is C10H17NO4. The maximum absolute atomic E-state index is 11.6. The number of piperidine rings is 1. The van der Waals surface area contributed by atoms with Crippen LogP contribution in [0.1, 0.15) is 32.1 Å². The molecule has 0 saturated carbocycles. The van der Waals surface area contributed by atoms with E-state index in [1.165, 1.54) is 0 Å². The Morgan fingerprint density at radius 3 is 2.67 bits per heavy atom. The molecule has 1 aliphatic heterocycles. The van der Waals surface area contributed by atoms with Gasteiger partial charge in [0.15, 0.2) is 0 Å². The Kier molecular flexibility index (Phi) is 4.55. The highest BCUT2D eigenvalue weighted by Crippen LogP contribution is 2.20. The second kappa shape index (κ2) is 5.70. The fraction of sp³-hybridized carbons (Fsp3) is 0.800. The van der Waals surface area contributed by atoms with Crippen LogP contribution in [0.2, 0.25) is 0 Å². The molecule has 0 bridgehead atoms. The quantitative estimate of drug-likeness (QED) is 0.658. The Hall–Kier alpha value is -1.10. The van der Waals surface area contributed by atoms with E-state index in [1.54, 1.807) is 4.90 Å². The summed E-state index contributed by atoms with van der Waals surface area (Å²) in [5.74, 6) is -1.42. The van der Waals surface area contributed by atoms with Gasteiger partial charge in [-0.2, -0.15) is 0 Å². The summed E-state index contributed by atoms with van der Waals surface area (Å²) in [5.41, 5.74) is 0. The molecule has 0 aliphatic carbocycles. The van der Waals surface area contributed by atoms with E-state index in [0.29, 0.717) is 13.0 Å². The number of rotatable bonds is 4. The van der Waals surface area contributed by atoms with Crippen LogP contribution in [-0.4, -0.2) is 46.2 Å². The number of carbonyl (C=O) groups excluding carboxylic acids is 1. The molecule has 1 unspecified atom stereocenters. The summed E-state index contributed by atoms with van der Waals surface area (Å²) in [6, 6.07) is 0.0237. The Bertz CT molecular complexity index is 240. The van der Waals surface area contributed by atoms with Gasteiger partial charge in [-0.05, 0) is 25.7 Å². The van der Waals surface area contributed by atoms with Crippen molar-refractivity contribution >= 4 is 11.9 Å². The lowest BCUT2D eigenvalue weighted by molar-refractivity contribution is -0.146. The van der Waals surface area contributed by atoms with E-state index in [0.717, 1.165) is 19.3 Å². The van der Waals surface area contributed by atoms with Crippen LogP contribution in [0.4, 0.5) is 0 Å². The molecule has 1 fully saturated rings. The molecule has 0 radical (unpaired) electrons. The van der Waals surface area contributed by atoms with E-state index in [9.17, 15) is 9.59 Å². The number of amides is 1. The third-order valence-electron chi connectivity index (χ3n) is 2.71. The van der Waals surface area contributed by atoms with Crippen molar-refractivity contribution in [3.63, 3.8) is 0 Å². The average molecular weight is 215 g/mol. The van der Waals surface area contributed by atoms with Crippen molar-refractivity contribution in [2.45, 2.75) is 38.1 Å². The number of carboxylic acids is 1. The van der Waals surface area contributed by atoms with E-state index in [-0.39, 0.29) is 18.6 Å². The van der Waals surface area contributed by atoms with Crippen LogP contribution in [0, 0.1) is 0 Å². The largest absolute Gasteiger partial charge is 0.481 e. The smallest absolute Gasteiger partial charge is 0.312 e. The van der Waals surface area contributed by atoms with Gasteiger partial charge in [0.25, 0.3) is 0 Å². The number of aliphatic carboxylic acids is 1. The van der Waals surface area contributed by atoms with E-state index >= 15 is 0 Å². The Morgan fingerprint density at radius 1 is 1.33 bits per heavy atom. The predicted molar refractivity (Wildman–Crippen MR) is 53.3 cm³/mol. The minimum absolute atomic E-state index is 0.0237. The highest BCUT2D eigenvalue weighted by Gasteiger charge is 2.26. The summed E-state index contributed by atoms with van der Waals surface area (Å²) in [6.07, 6.45) is 2.94. The molecule has 0 aromatic carbocycles. The van der Waals surface area contributed by atoms with Crippen molar-refractivity contribution in [1.29, 1.82) is 0 Å². The van der Waals surface area contributed by atoms with Gasteiger partial charge in [0.05, 0.1) is 0 Å². The first-order valence-electron chi connectivity index (χ1n) is 5.27. The van der Waals surface area contributed by atoms with Crippen LogP contribution < -0.4 is 0 Å². The molecule has 0 aromatic rings. The fourth-order valence-corrected chi connectivity index (χ4v) is 2.01. The first-order chi connectivity index (χ1) is 7.15. The summed E-state index contributed by atoms with van der Waals surface area (Å²) in [5, 5.41) is 17.4. The maximum atomic E-state index is 11.6. The van der Waals surface area contributed by atoms with Crippen molar-refractivity contribution in [3.05, 3.63) is 0 Å².